The zero-order chi connectivity index (χ0) is 9.84. The number of likely N-dealkylation sites (tertiary alicyclic amines) is 1. The van der Waals surface area contributed by atoms with Crippen LogP contribution in [0.5, 0.6) is 0 Å². The molecule has 0 radical (unpaired) electrons. The van der Waals surface area contributed by atoms with E-state index < -0.39 is 0 Å². The highest BCUT2D eigenvalue weighted by Gasteiger charge is 2.24. The normalized spacial score (nSPS) is 22.9. The Hall–Kier alpha value is -0.860. The van der Waals surface area contributed by atoms with Crippen LogP contribution >= 0.6 is 0 Å². The van der Waals surface area contributed by atoms with Gasteiger partial charge in [-0.3, -0.25) is 9.59 Å². The minimum Gasteiger partial charge on any atom is -0.340 e. The second-order valence-corrected chi connectivity index (χ2v) is 3.77. The number of hydrogen-bond acceptors (Lipinski definition) is 2. The molecule has 1 atom stereocenters. The summed E-state index contributed by atoms with van der Waals surface area (Å²) >= 11 is 0. The first-order chi connectivity index (χ1) is 6.11. The minimum absolute atomic E-state index is 0.103. The molecule has 13 heavy (non-hydrogen) atoms. The van der Waals surface area contributed by atoms with Crippen molar-refractivity contribution in [2.24, 2.45) is 0 Å². The fourth-order valence-corrected chi connectivity index (χ4v) is 1.96. The average Bonchev–Trinajstić information content (AvgIpc) is 2.03. The van der Waals surface area contributed by atoms with E-state index in [1.807, 2.05) is 4.90 Å². The molecule has 1 heterocycles. The Bertz CT molecular complexity index is 213. The predicted molar refractivity (Wildman–Crippen MR) is 50.3 cm³/mol. The van der Waals surface area contributed by atoms with Crippen molar-refractivity contribution in [3.8, 4) is 0 Å². The summed E-state index contributed by atoms with van der Waals surface area (Å²) in [4.78, 5) is 24.0. The summed E-state index contributed by atoms with van der Waals surface area (Å²) in [7, 11) is 0. The van der Waals surface area contributed by atoms with Crippen molar-refractivity contribution in [3.05, 3.63) is 0 Å². The Kier molecular flexibility index (Phi) is 3.46. The molecule has 1 aliphatic rings. The molecule has 3 heteroatoms. The summed E-state index contributed by atoms with van der Waals surface area (Å²) in [6.45, 7) is 4.00. The van der Waals surface area contributed by atoms with Crippen LogP contribution in [0.15, 0.2) is 0 Å². The molecule has 1 saturated heterocycles. The van der Waals surface area contributed by atoms with Crippen molar-refractivity contribution < 1.29 is 9.59 Å². The monoisotopic (exact) mass is 183 g/mol. The first-order valence-corrected chi connectivity index (χ1v) is 4.88. The Morgan fingerprint density at radius 2 is 2.00 bits per heavy atom. The fourth-order valence-electron chi connectivity index (χ4n) is 1.96. The van der Waals surface area contributed by atoms with Crippen molar-refractivity contribution >= 4 is 11.7 Å². The van der Waals surface area contributed by atoms with Gasteiger partial charge < -0.3 is 4.90 Å². The van der Waals surface area contributed by atoms with Crippen LogP contribution in [-0.4, -0.2) is 29.2 Å². The van der Waals surface area contributed by atoms with Gasteiger partial charge in [-0.05, 0) is 26.2 Å². The Balaban J connectivity index is 2.56. The van der Waals surface area contributed by atoms with Gasteiger partial charge in [-0.15, -0.1) is 0 Å². The zero-order valence-corrected chi connectivity index (χ0v) is 8.38. The largest absolute Gasteiger partial charge is 0.340 e. The lowest BCUT2D eigenvalue weighted by atomic mass is 9.98. The number of carbonyl (C=O) groups is 2. The van der Waals surface area contributed by atoms with Crippen molar-refractivity contribution in [1.29, 1.82) is 0 Å². The molecule has 0 N–H and O–H groups in total. The van der Waals surface area contributed by atoms with Crippen molar-refractivity contribution in [2.75, 3.05) is 6.54 Å². The van der Waals surface area contributed by atoms with Crippen LogP contribution < -0.4 is 0 Å². The highest BCUT2D eigenvalue weighted by Crippen LogP contribution is 2.19. The van der Waals surface area contributed by atoms with Gasteiger partial charge in [0.1, 0.15) is 5.78 Å². The third-order valence-corrected chi connectivity index (χ3v) is 2.55. The molecular weight excluding hydrogens is 166 g/mol. The number of rotatable bonds is 2. The van der Waals surface area contributed by atoms with Gasteiger partial charge in [-0.1, -0.05) is 0 Å². The third kappa shape index (κ3) is 2.83. The van der Waals surface area contributed by atoms with Crippen molar-refractivity contribution in [2.45, 2.75) is 45.6 Å². The van der Waals surface area contributed by atoms with E-state index in [2.05, 4.69) is 0 Å². The van der Waals surface area contributed by atoms with E-state index in [4.69, 9.17) is 0 Å². The predicted octanol–water partition coefficient (Wildman–Crippen LogP) is 1.37. The van der Waals surface area contributed by atoms with Crippen LogP contribution in [0.1, 0.15) is 39.5 Å². The van der Waals surface area contributed by atoms with Gasteiger partial charge in [-0.2, -0.15) is 0 Å². The van der Waals surface area contributed by atoms with E-state index in [1.54, 1.807) is 13.8 Å². The molecular formula is C10H17NO2. The number of amides is 1. The highest BCUT2D eigenvalue weighted by atomic mass is 16.2. The van der Waals surface area contributed by atoms with Crippen LogP contribution in [0.3, 0.4) is 0 Å². The van der Waals surface area contributed by atoms with Crippen LogP contribution in [0.25, 0.3) is 0 Å². The molecule has 0 aromatic heterocycles. The molecule has 1 amide bonds. The maximum atomic E-state index is 11.2. The summed E-state index contributed by atoms with van der Waals surface area (Å²) in [6.07, 6.45) is 3.73. The lowest BCUT2D eigenvalue weighted by Crippen LogP contribution is -2.43. The standard InChI is InChI=1S/C10H17NO2/c1-8(12)7-10-5-3-4-6-11(10)9(2)13/h10H,3-7H2,1-2H3. The van der Waals surface area contributed by atoms with E-state index in [0.717, 1.165) is 25.8 Å². The van der Waals surface area contributed by atoms with Gasteiger partial charge in [-0.25, -0.2) is 0 Å². The van der Waals surface area contributed by atoms with Crippen LogP contribution in [0.4, 0.5) is 0 Å². The molecule has 1 fully saturated rings. The Morgan fingerprint density at radius 3 is 2.54 bits per heavy atom. The zero-order valence-electron chi connectivity index (χ0n) is 8.38. The first-order valence-electron chi connectivity index (χ1n) is 4.88. The van der Waals surface area contributed by atoms with Gasteiger partial charge in [0, 0.05) is 25.9 Å². The summed E-state index contributed by atoms with van der Waals surface area (Å²) in [6, 6.07) is 0.170. The number of hydrogen-bond donors (Lipinski definition) is 0. The number of nitrogens with zero attached hydrogens (tertiary/aromatic N) is 1. The smallest absolute Gasteiger partial charge is 0.219 e. The molecule has 0 spiro atoms. The Morgan fingerprint density at radius 1 is 1.31 bits per heavy atom. The highest BCUT2D eigenvalue weighted by molar-refractivity contribution is 5.78. The number of Topliss-reactive ketones (excluding diaryl/α,β-unsaturated/α-hetero) is 1. The summed E-state index contributed by atoms with van der Waals surface area (Å²) in [5.41, 5.74) is 0. The van der Waals surface area contributed by atoms with Gasteiger partial charge in [0.25, 0.3) is 0 Å². The lowest BCUT2D eigenvalue weighted by molar-refractivity contribution is -0.133. The van der Waals surface area contributed by atoms with E-state index >= 15 is 0 Å². The molecule has 1 rings (SSSR count). The van der Waals surface area contributed by atoms with E-state index in [-0.39, 0.29) is 17.7 Å². The van der Waals surface area contributed by atoms with Gasteiger partial charge in [0.2, 0.25) is 5.91 Å². The first kappa shape index (κ1) is 10.2. The molecule has 3 nitrogen and oxygen atoms in total. The van der Waals surface area contributed by atoms with Crippen LogP contribution in [0.2, 0.25) is 0 Å². The second kappa shape index (κ2) is 4.40. The van der Waals surface area contributed by atoms with E-state index in [9.17, 15) is 9.59 Å². The summed E-state index contributed by atoms with van der Waals surface area (Å²) in [5.74, 6) is 0.282. The van der Waals surface area contributed by atoms with E-state index in [0.29, 0.717) is 6.42 Å². The number of carbonyl (C=O) groups excluding carboxylic acids is 2. The number of piperidine rings is 1. The molecule has 1 aliphatic heterocycles. The third-order valence-electron chi connectivity index (χ3n) is 2.55. The molecule has 1 unspecified atom stereocenters. The van der Waals surface area contributed by atoms with Crippen molar-refractivity contribution in [3.63, 3.8) is 0 Å². The number of ketones is 1. The van der Waals surface area contributed by atoms with Gasteiger partial charge >= 0.3 is 0 Å². The maximum absolute atomic E-state index is 11.2. The Labute approximate surface area is 79.1 Å². The van der Waals surface area contributed by atoms with Gasteiger partial charge in [0.15, 0.2) is 0 Å². The van der Waals surface area contributed by atoms with E-state index in [1.165, 1.54) is 0 Å². The molecule has 0 saturated carbocycles. The summed E-state index contributed by atoms with van der Waals surface area (Å²) in [5, 5.41) is 0. The topological polar surface area (TPSA) is 37.4 Å². The summed E-state index contributed by atoms with van der Waals surface area (Å²) < 4.78 is 0. The maximum Gasteiger partial charge on any atom is 0.219 e. The SMILES string of the molecule is CC(=O)CC1CCCCN1C(C)=O. The minimum atomic E-state index is 0.103. The lowest BCUT2D eigenvalue weighted by Gasteiger charge is -2.34. The fraction of sp³-hybridized carbons (Fsp3) is 0.800. The average molecular weight is 183 g/mol. The molecule has 0 aliphatic carbocycles. The molecule has 74 valence electrons. The second-order valence-electron chi connectivity index (χ2n) is 3.77. The van der Waals surface area contributed by atoms with Crippen LogP contribution in [-0.2, 0) is 9.59 Å². The molecule has 0 aromatic rings. The molecule has 0 bridgehead atoms. The van der Waals surface area contributed by atoms with Crippen molar-refractivity contribution in [1.82, 2.24) is 4.90 Å². The quantitative estimate of drug-likeness (QED) is 0.648. The van der Waals surface area contributed by atoms with Crippen LogP contribution in [0, 0.1) is 0 Å². The van der Waals surface area contributed by atoms with Gasteiger partial charge in [0.05, 0.1) is 0 Å². The molecule has 0 aromatic carbocycles.